The highest BCUT2D eigenvalue weighted by molar-refractivity contribution is 7.99. The van der Waals surface area contributed by atoms with E-state index in [0.717, 1.165) is 25.1 Å². The molecule has 1 saturated carbocycles. The van der Waals surface area contributed by atoms with Gasteiger partial charge >= 0.3 is 0 Å². The Morgan fingerprint density at radius 1 is 1.33 bits per heavy atom. The number of rotatable bonds is 5. The van der Waals surface area contributed by atoms with Crippen LogP contribution >= 0.6 is 11.8 Å². The van der Waals surface area contributed by atoms with E-state index in [1.54, 1.807) is 0 Å². The van der Waals surface area contributed by atoms with Crippen LogP contribution in [-0.4, -0.2) is 30.8 Å². The van der Waals surface area contributed by atoms with E-state index in [1.807, 2.05) is 11.8 Å². The first-order valence-corrected chi connectivity index (χ1v) is 7.53. The maximum Gasteiger partial charge on any atom is 0.234 e. The fraction of sp³-hybridized carbons (Fsp3) is 0.500. The minimum Gasteiger partial charge on any atom is -0.352 e. The Hall–Kier alpha value is -1.00. The monoisotopic (exact) mass is 262 g/mol. The summed E-state index contributed by atoms with van der Waals surface area (Å²) in [7, 11) is 0. The lowest BCUT2D eigenvalue weighted by molar-refractivity contribution is -0.120. The molecule has 2 N–H and O–H groups in total. The van der Waals surface area contributed by atoms with Crippen molar-refractivity contribution in [2.45, 2.75) is 29.7 Å². The van der Waals surface area contributed by atoms with E-state index in [0.29, 0.717) is 18.5 Å². The van der Waals surface area contributed by atoms with E-state index in [1.165, 1.54) is 10.5 Å². The predicted octanol–water partition coefficient (Wildman–Crippen LogP) is 1.74. The molecule has 1 fully saturated rings. The third kappa shape index (κ3) is 2.87. The van der Waals surface area contributed by atoms with Gasteiger partial charge in [0, 0.05) is 29.2 Å². The molecule has 1 atom stereocenters. The summed E-state index contributed by atoms with van der Waals surface area (Å²) in [5.41, 5.74) is 1.43. The lowest BCUT2D eigenvalue weighted by Crippen LogP contribution is -2.36. The summed E-state index contributed by atoms with van der Waals surface area (Å²) in [5, 5.41) is 6.27. The van der Waals surface area contributed by atoms with E-state index in [-0.39, 0.29) is 5.91 Å². The molecule has 0 aromatic heterocycles. The number of thioether (sulfide) groups is 1. The zero-order chi connectivity index (χ0) is 12.4. The summed E-state index contributed by atoms with van der Waals surface area (Å²) in [6, 6.07) is 9.02. The standard InChI is InChI=1S/C14H18N2OS/c17-14(16-11-5-6-11)8-15-7-10-9-18-13-4-2-1-3-12(10)13/h1-4,10-11,15H,5-9H2,(H,16,17). The van der Waals surface area contributed by atoms with Crippen LogP contribution < -0.4 is 10.6 Å². The number of hydrogen-bond donors (Lipinski definition) is 2. The highest BCUT2D eigenvalue weighted by Gasteiger charge is 2.24. The molecule has 2 aliphatic rings. The van der Waals surface area contributed by atoms with Crippen molar-refractivity contribution in [1.29, 1.82) is 0 Å². The maximum absolute atomic E-state index is 11.5. The normalized spacial score (nSPS) is 21.7. The van der Waals surface area contributed by atoms with Crippen LogP contribution in [0.25, 0.3) is 0 Å². The van der Waals surface area contributed by atoms with Crippen LogP contribution in [0.2, 0.25) is 0 Å². The minimum absolute atomic E-state index is 0.136. The molecule has 1 aliphatic heterocycles. The molecule has 3 rings (SSSR count). The molecule has 1 aliphatic carbocycles. The molecule has 0 saturated heterocycles. The molecule has 1 heterocycles. The Kier molecular flexibility index (Phi) is 3.57. The second-order valence-electron chi connectivity index (χ2n) is 5.02. The first-order chi connectivity index (χ1) is 8.83. The Balaban J connectivity index is 1.45. The van der Waals surface area contributed by atoms with Crippen LogP contribution in [0.4, 0.5) is 0 Å². The van der Waals surface area contributed by atoms with Crippen LogP contribution in [0.15, 0.2) is 29.2 Å². The number of hydrogen-bond acceptors (Lipinski definition) is 3. The van der Waals surface area contributed by atoms with Crippen LogP contribution in [-0.2, 0) is 4.79 Å². The summed E-state index contributed by atoms with van der Waals surface area (Å²) in [6.45, 7) is 1.34. The van der Waals surface area contributed by atoms with E-state index in [9.17, 15) is 4.79 Å². The zero-order valence-corrected chi connectivity index (χ0v) is 11.1. The molecule has 0 radical (unpaired) electrons. The maximum atomic E-state index is 11.5. The second-order valence-corrected chi connectivity index (χ2v) is 6.08. The highest BCUT2D eigenvalue weighted by Crippen LogP contribution is 2.38. The van der Waals surface area contributed by atoms with E-state index < -0.39 is 0 Å². The summed E-state index contributed by atoms with van der Waals surface area (Å²) in [6.07, 6.45) is 2.30. The Morgan fingerprint density at radius 2 is 2.17 bits per heavy atom. The molecule has 0 bridgehead atoms. The van der Waals surface area contributed by atoms with Gasteiger partial charge < -0.3 is 10.6 Å². The minimum atomic E-state index is 0.136. The molecule has 1 aromatic carbocycles. The van der Waals surface area contributed by atoms with Crippen molar-refractivity contribution in [2.75, 3.05) is 18.8 Å². The van der Waals surface area contributed by atoms with Crippen molar-refractivity contribution in [1.82, 2.24) is 10.6 Å². The van der Waals surface area contributed by atoms with Gasteiger partial charge in [-0.15, -0.1) is 11.8 Å². The van der Waals surface area contributed by atoms with Crippen LogP contribution in [0.1, 0.15) is 24.3 Å². The van der Waals surface area contributed by atoms with Gasteiger partial charge in [0.2, 0.25) is 5.91 Å². The number of fused-ring (bicyclic) bond motifs is 1. The summed E-state index contributed by atoms with van der Waals surface area (Å²) in [5.74, 6) is 1.80. The molecule has 1 amide bonds. The Labute approximate surface area is 112 Å². The molecule has 4 heteroatoms. The Bertz CT molecular complexity index is 445. The third-order valence-corrected chi connectivity index (χ3v) is 4.67. The third-order valence-electron chi connectivity index (χ3n) is 3.42. The van der Waals surface area contributed by atoms with Crippen molar-refractivity contribution in [3.63, 3.8) is 0 Å². The van der Waals surface area contributed by atoms with Gasteiger partial charge in [-0.2, -0.15) is 0 Å². The van der Waals surface area contributed by atoms with E-state index in [4.69, 9.17) is 0 Å². The topological polar surface area (TPSA) is 41.1 Å². The van der Waals surface area contributed by atoms with Crippen LogP contribution in [0, 0.1) is 0 Å². The molecule has 3 nitrogen and oxygen atoms in total. The van der Waals surface area contributed by atoms with Crippen LogP contribution in [0.3, 0.4) is 0 Å². The fourth-order valence-electron chi connectivity index (χ4n) is 2.26. The van der Waals surface area contributed by atoms with Crippen molar-refractivity contribution >= 4 is 17.7 Å². The van der Waals surface area contributed by atoms with E-state index >= 15 is 0 Å². The average molecular weight is 262 g/mol. The summed E-state index contributed by atoms with van der Waals surface area (Å²) < 4.78 is 0. The van der Waals surface area contributed by atoms with Crippen LogP contribution in [0.5, 0.6) is 0 Å². The van der Waals surface area contributed by atoms with Crippen molar-refractivity contribution < 1.29 is 4.79 Å². The number of carbonyl (C=O) groups excluding carboxylic acids is 1. The number of carbonyl (C=O) groups is 1. The van der Waals surface area contributed by atoms with Gasteiger partial charge in [0.15, 0.2) is 0 Å². The fourth-order valence-corrected chi connectivity index (χ4v) is 3.52. The lowest BCUT2D eigenvalue weighted by atomic mass is 10.0. The van der Waals surface area contributed by atoms with E-state index in [2.05, 4.69) is 34.9 Å². The molecule has 96 valence electrons. The molecule has 0 spiro atoms. The molecule has 18 heavy (non-hydrogen) atoms. The molecule has 1 unspecified atom stereocenters. The summed E-state index contributed by atoms with van der Waals surface area (Å²) >= 11 is 1.91. The largest absolute Gasteiger partial charge is 0.352 e. The number of nitrogens with one attached hydrogen (secondary N) is 2. The highest BCUT2D eigenvalue weighted by atomic mass is 32.2. The first-order valence-electron chi connectivity index (χ1n) is 6.55. The molecular formula is C14H18N2OS. The Morgan fingerprint density at radius 3 is 3.00 bits per heavy atom. The summed E-state index contributed by atoms with van der Waals surface area (Å²) in [4.78, 5) is 12.9. The van der Waals surface area contributed by atoms with Crippen molar-refractivity contribution in [2.24, 2.45) is 0 Å². The quantitative estimate of drug-likeness (QED) is 0.849. The van der Waals surface area contributed by atoms with Crippen molar-refractivity contribution in [3.8, 4) is 0 Å². The first kappa shape index (κ1) is 12.1. The van der Waals surface area contributed by atoms with Gasteiger partial charge in [-0.05, 0) is 24.5 Å². The zero-order valence-electron chi connectivity index (χ0n) is 10.3. The molecule has 1 aromatic rings. The van der Waals surface area contributed by atoms with Gasteiger partial charge in [-0.1, -0.05) is 18.2 Å². The second kappa shape index (κ2) is 5.33. The lowest BCUT2D eigenvalue weighted by Gasteiger charge is -2.11. The van der Waals surface area contributed by atoms with Gasteiger partial charge in [0.05, 0.1) is 6.54 Å². The predicted molar refractivity (Wildman–Crippen MR) is 73.9 cm³/mol. The number of amides is 1. The SMILES string of the molecule is O=C(CNCC1CSc2ccccc21)NC1CC1. The van der Waals surface area contributed by atoms with Gasteiger partial charge in [-0.3, -0.25) is 4.79 Å². The number of benzene rings is 1. The average Bonchev–Trinajstić information content (AvgIpc) is 3.09. The smallest absolute Gasteiger partial charge is 0.234 e. The molecular weight excluding hydrogens is 244 g/mol. The van der Waals surface area contributed by atoms with Gasteiger partial charge in [0.25, 0.3) is 0 Å². The van der Waals surface area contributed by atoms with Gasteiger partial charge in [0.1, 0.15) is 0 Å². The van der Waals surface area contributed by atoms with Gasteiger partial charge in [-0.25, -0.2) is 0 Å². The van der Waals surface area contributed by atoms with Crippen molar-refractivity contribution in [3.05, 3.63) is 29.8 Å².